The number of halogens is 2. The van der Waals surface area contributed by atoms with Crippen LogP contribution in [0.4, 0.5) is 26.1 Å². The van der Waals surface area contributed by atoms with Gasteiger partial charge in [-0.05, 0) is 44.5 Å². The molecule has 3 N–H and O–H groups in total. The number of nitrogens with one attached hydrogen (secondary N) is 1. The van der Waals surface area contributed by atoms with Crippen LogP contribution in [0.1, 0.15) is 17.0 Å². The topological polar surface area (TPSA) is 81.7 Å². The summed E-state index contributed by atoms with van der Waals surface area (Å²) in [6.07, 6.45) is 0. The molecule has 6 nitrogen and oxygen atoms in total. The number of rotatable bonds is 3. The number of fused-ring (bicyclic) bond motifs is 1. The monoisotopic (exact) mass is 380 g/mol. The molecule has 0 atom stereocenters. The molecular weight excluding hydrogens is 362 g/mol. The van der Waals surface area contributed by atoms with Gasteiger partial charge in [-0.25, -0.2) is 9.37 Å². The van der Waals surface area contributed by atoms with Gasteiger partial charge in [0.15, 0.2) is 11.6 Å². The molecule has 8 heteroatoms. The second-order valence-electron chi connectivity index (χ2n) is 6.65. The highest BCUT2D eigenvalue weighted by Gasteiger charge is 2.19. The molecule has 142 valence electrons. The zero-order valence-electron chi connectivity index (χ0n) is 15.6. The lowest BCUT2D eigenvalue weighted by Crippen LogP contribution is -2.10. The fourth-order valence-electron chi connectivity index (χ4n) is 3.08. The fraction of sp³-hybridized carbons (Fsp3) is 0.150. The van der Waals surface area contributed by atoms with Crippen molar-refractivity contribution < 1.29 is 8.78 Å². The largest absolute Gasteiger partial charge is 0.381 e. The number of hydrogen-bond donors (Lipinski definition) is 2. The molecule has 0 unspecified atom stereocenters. The Kier molecular flexibility index (Phi) is 4.18. The highest BCUT2D eigenvalue weighted by Crippen LogP contribution is 2.27. The highest BCUT2D eigenvalue weighted by atomic mass is 19.1. The van der Waals surface area contributed by atoms with E-state index in [1.807, 2.05) is 31.2 Å². The van der Waals surface area contributed by atoms with Crippen LogP contribution in [0.25, 0.3) is 17.0 Å². The first-order valence-electron chi connectivity index (χ1n) is 8.66. The summed E-state index contributed by atoms with van der Waals surface area (Å²) in [6, 6.07) is 10.2. The molecule has 0 aliphatic carbocycles. The summed E-state index contributed by atoms with van der Waals surface area (Å²) in [6.45, 7) is 5.47. The Hall–Kier alpha value is -3.55. The first-order chi connectivity index (χ1) is 13.3. The fourth-order valence-corrected chi connectivity index (χ4v) is 3.08. The zero-order valence-corrected chi connectivity index (χ0v) is 15.6. The van der Waals surface area contributed by atoms with Crippen LogP contribution < -0.4 is 11.1 Å². The van der Waals surface area contributed by atoms with Gasteiger partial charge >= 0.3 is 0 Å². The Morgan fingerprint density at radius 2 is 1.68 bits per heavy atom. The average Bonchev–Trinajstić information content (AvgIpc) is 2.97. The maximum Gasteiger partial charge on any atom is 0.239 e. The van der Waals surface area contributed by atoms with E-state index in [0.717, 1.165) is 5.56 Å². The first-order valence-corrected chi connectivity index (χ1v) is 8.66. The van der Waals surface area contributed by atoms with Crippen LogP contribution in [0.3, 0.4) is 0 Å². The van der Waals surface area contributed by atoms with E-state index in [9.17, 15) is 8.78 Å². The number of nitrogen functional groups attached to an aromatic ring is 1. The van der Waals surface area contributed by atoms with Crippen LogP contribution in [0, 0.1) is 32.4 Å². The number of anilines is 3. The molecule has 0 aliphatic heterocycles. The molecule has 2 heterocycles. The first kappa shape index (κ1) is 17.8. The van der Waals surface area contributed by atoms with Crippen molar-refractivity contribution in [1.82, 2.24) is 19.5 Å². The minimum atomic E-state index is -0.756. The predicted molar refractivity (Wildman–Crippen MR) is 105 cm³/mol. The summed E-state index contributed by atoms with van der Waals surface area (Å²) >= 11 is 0. The van der Waals surface area contributed by atoms with Crippen molar-refractivity contribution in [3.05, 3.63) is 65.0 Å². The van der Waals surface area contributed by atoms with Gasteiger partial charge in [-0.3, -0.25) is 4.57 Å². The third-order valence-electron chi connectivity index (χ3n) is 4.46. The smallest absolute Gasteiger partial charge is 0.239 e. The van der Waals surface area contributed by atoms with Crippen LogP contribution in [-0.4, -0.2) is 19.5 Å². The molecule has 0 spiro atoms. The minimum Gasteiger partial charge on any atom is -0.381 e. The zero-order chi connectivity index (χ0) is 20.0. The number of aryl methyl sites for hydroxylation is 3. The van der Waals surface area contributed by atoms with Gasteiger partial charge in [0, 0.05) is 11.8 Å². The van der Waals surface area contributed by atoms with Crippen LogP contribution in [-0.2, 0) is 0 Å². The predicted octanol–water partition coefficient (Wildman–Crippen LogP) is 4.34. The van der Waals surface area contributed by atoms with E-state index in [1.54, 1.807) is 18.4 Å². The molecular formula is C20H18F2N6. The molecule has 2 aromatic carbocycles. The van der Waals surface area contributed by atoms with Crippen LogP contribution in [0.2, 0.25) is 0 Å². The molecule has 0 saturated carbocycles. The van der Waals surface area contributed by atoms with Crippen LogP contribution >= 0.6 is 0 Å². The maximum atomic E-state index is 14.5. The van der Waals surface area contributed by atoms with Crippen LogP contribution in [0.5, 0.6) is 0 Å². The maximum absolute atomic E-state index is 14.5. The number of benzene rings is 2. The number of imidazole rings is 1. The van der Waals surface area contributed by atoms with E-state index >= 15 is 0 Å². The van der Waals surface area contributed by atoms with Gasteiger partial charge in [-0.2, -0.15) is 14.4 Å². The van der Waals surface area contributed by atoms with Crippen LogP contribution in [0.15, 0.2) is 36.4 Å². The normalized spacial score (nSPS) is 11.2. The summed E-state index contributed by atoms with van der Waals surface area (Å²) < 4.78 is 30.1. The van der Waals surface area contributed by atoms with Crippen molar-refractivity contribution in [2.24, 2.45) is 0 Å². The van der Waals surface area contributed by atoms with Gasteiger partial charge in [-0.1, -0.05) is 17.7 Å². The molecule has 0 radical (unpaired) electrons. The SMILES string of the molecule is Cc1ccc(Nc2nc(-n3c(C)nc4c(C)cc(F)cc43)nc(N)c2F)cc1. The van der Waals surface area contributed by atoms with E-state index in [2.05, 4.69) is 20.3 Å². The lowest BCUT2D eigenvalue weighted by molar-refractivity contribution is 0.621. The Balaban J connectivity index is 1.87. The number of nitrogens with two attached hydrogens (primary N) is 1. The lowest BCUT2D eigenvalue weighted by Gasteiger charge is -2.12. The summed E-state index contributed by atoms with van der Waals surface area (Å²) in [5.41, 5.74) is 9.31. The van der Waals surface area contributed by atoms with Crippen molar-refractivity contribution in [3.8, 4) is 5.95 Å². The molecule has 0 bridgehead atoms. The Morgan fingerprint density at radius 3 is 2.39 bits per heavy atom. The summed E-state index contributed by atoms with van der Waals surface area (Å²) in [4.78, 5) is 12.8. The Labute approximate surface area is 160 Å². The number of hydrogen-bond acceptors (Lipinski definition) is 5. The minimum absolute atomic E-state index is 0.0688. The Bertz CT molecular complexity index is 1200. The molecule has 0 saturated heterocycles. The van der Waals surface area contributed by atoms with Gasteiger partial charge < -0.3 is 11.1 Å². The molecule has 0 aliphatic rings. The van der Waals surface area contributed by atoms with Crippen molar-refractivity contribution in [3.63, 3.8) is 0 Å². The average molecular weight is 380 g/mol. The van der Waals surface area contributed by atoms with E-state index in [1.165, 1.54) is 12.1 Å². The van der Waals surface area contributed by atoms with E-state index < -0.39 is 11.6 Å². The van der Waals surface area contributed by atoms with Crippen molar-refractivity contribution in [2.75, 3.05) is 11.1 Å². The number of aromatic nitrogens is 4. The Morgan fingerprint density at radius 1 is 0.964 bits per heavy atom. The third-order valence-corrected chi connectivity index (χ3v) is 4.46. The molecule has 4 rings (SSSR count). The quantitative estimate of drug-likeness (QED) is 0.552. The van der Waals surface area contributed by atoms with Crippen molar-refractivity contribution in [1.29, 1.82) is 0 Å². The van der Waals surface area contributed by atoms with Gasteiger partial charge in [-0.15, -0.1) is 0 Å². The summed E-state index contributed by atoms with van der Waals surface area (Å²) in [7, 11) is 0. The van der Waals surface area contributed by atoms with Gasteiger partial charge in [0.2, 0.25) is 11.8 Å². The molecule has 28 heavy (non-hydrogen) atoms. The highest BCUT2D eigenvalue weighted by molar-refractivity contribution is 5.81. The number of nitrogens with zero attached hydrogens (tertiary/aromatic N) is 4. The van der Waals surface area contributed by atoms with E-state index in [4.69, 9.17) is 5.73 Å². The third kappa shape index (κ3) is 3.02. The molecule has 0 fully saturated rings. The molecule has 0 amide bonds. The second-order valence-corrected chi connectivity index (χ2v) is 6.65. The summed E-state index contributed by atoms with van der Waals surface area (Å²) in [5.74, 6) is -0.891. The standard InChI is InChI=1S/C20H18F2N6/c1-10-4-6-14(7-5-10)25-19-16(22)18(23)26-20(27-19)28-12(3)24-17-11(2)8-13(21)9-15(17)28/h4-9H,1-3H3,(H3,23,25,26,27). The molecule has 2 aromatic heterocycles. The van der Waals surface area contributed by atoms with E-state index in [0.29, 0.717) is 28.1 Å². The second kappa shape index (κ2) is 6.56. The van der Waals surface area contributed by atoms with Gasteiger partial charge in [0.25, 0.3) is 0 Å². The van der Waals surface area contributed by atoms with Gasteiger partial charge in [0.1, 0.15) is 11.6 Å². The summed E-state index contributed by atoms with van der Waals surface area (Å²) in [5, 5.41) is 2.92. The van der Waals surface area contributed by atoms with Crippen molar-refractivity contribution in [2.45, 2.75) is 20.8 Å². The van der Waals surface area contributed by atoms with E-state index in [-0.39, 0.29) is 17.6 Å². The van der Waals surface area contributed by atoms with Crippen molar-refractivity contribution >= 4 is 28.4 Å². The lowest BCUT2D eigenvalue weighted by atomic mass is 10.2. The van der Waals surface area contributed by atoms with Gasteiger partial charge in [0.05, 0.1) is 11.0 Å². The molecule has 4 aromatic rings.